The molecular weight excluding hydrogens is 454 g/mol. The van der Waals surface area contributed by atoms with Gasteiger partial charge < -0.3 is 24.5 Å². The van der Waals surface area contributed by atoms with Crippen LogP contribution in [0.25, 0.3) is 10.9 Å². The molecule has 0 bridgehead atoms. The maximum Gasteiger partial charge on any atom is 0.195 e. The zero-order chi connectivity index (χ0) is 25.1. The number of aliphatic hydroxyl groups excluding tert-OH is 1. The Balaban J connectivity index is 1.43. The zero-order valence-electron chi connectivity index (χ0n) is 20.6. The number of hydrogen-bond donors (Lipinski definition) is 2. The average Bonchev–Trinajstić information content (AvgIpc) is 3.37. The van der Waals surface area contributed by atoms with Crippen LogP contribution in [0.3, 0.4) is 0 Å². The number of ketones is 1. The number of carbonyl (C=O) groups is 1. The number of Topliss-reactive ketones (excluding diaryl/α,β-unsaturated/α-hetero) is 1. The van der Waals surface area contributed by atoms with Crippen molar-refractivity contribution < 1.29 is 19.4 Å². The molecule has 0 unspecified atom stereocenters. The van der Waals surface area contributed by atoms with Gasteiger partial charge in [0.05, 0.1) is 20.3 Å². The molecule has 0 radical (unpaired) electrons. The first-order valence-corrected chi connectivity index (χ1v) is 12.1. The van der Waals surface area contributed by atoms with Gasteiger partial charge in [-0.05, 0) is 36.4 Å². The van der Waals surface area contributed by atoms with Crippen LogP contribution in [-0.4, -0.2) is 67.3 Å². The molecule has 36 heavy (non-hydrogen) atoms. The number of benzene rings is 3. The summed E-state index contributed by atoms with van der Waals surface area (Å²) in [5.41, 5.74) is 3.29. The fourth-order valence-electron chi connectivity index (χ4n) is 5.11. The minimum atomic E-state index is -1.26. The molecule has 5 rings (SSSR count). The Morgan fingerprint density at radius 3 is 2.31 bits per heavy atom. The molecule has 2 atom stereocenters. The van der Waals surface area contributed by atoms with Crippen LogP contribution in [0, 0.1) is 0 Å². The third-order valence-electron chi connectivity index (χ3n) is 7.03. The summed E-state index contributed by atoms with van der Waals surface area (Å²) < 4.78 is 10.9. The number of methoxy groups -OCH3 is 2. The molecule has 1 aliphatic rings. The highest BCUT2D eigenvalue weighted by atomic mass is 16.5. The predicted molar refractivity (Wildman–Crippen MR) is 141 cm³/mol. The van der Waals surface area contributed by atoms with Gasteiger partial charge in [-0.2, -0.15) is 0 Å². The Labute approximate surface area is 210 Å². The number of anilines is 1. The van der Waals surface area contributed by atoms with E-state index in [-0.39, 0.29) is 5.78 Å². The van der Waals surface area contributed by atoms with Crippen molar-refractivity contribution in [1.29, 1.82) is 0 Å². The molecule has 0 amide bonds. The Hall–Kier alpha value is -3.81. The van der Waals surface area contributed by atoms with E-state index in [2.05, 4.69) is 26.9 Å². The van der Waals surface area contributed by atoms with E-state index < -0.39 is 12.1 Å². The summed E-state index contributed by atoms with van der Waals surface area (Å²) in [5.74, 6) is 1.18. The minimum Gasteiger partial charge on any atom is -0.497 e. The highest BCUT2D eigenvalue weighted by Crippen LogP contribution is 2.35. The SMILES string of the molecule is COc1ccc(N2CCN([C@H](c3ccccc3OC)[C@H](O)C(=O)c3c[nH]c4ccccc34)CC2)cc1. The van der Waals surface area contributed by atoms with E-state index in [9.17, 15) is 9.90 Å². The lowest BCUT2D eigenvalue weighted by Gasteiger charge is -2.42. The quantitative estimate of drug-likeness (QED) is 0.363. The molecule has 2 N–H and O–H groups in total. The molecule has 3 aromatic carbocycles. The van der Waals surface area contributed by atoms with Gasteiger partial charge in [-0.15, -0.1) is 0 Å². The van der Waals surface area contributed by atoms with Crippen molar-refractivity contribution in [2.45, 2.75) is 12.1 Å². The third-order valence-corrected chi connectivity index (χ3v) is 7.03. The molecule has 0 aliphatic carbocycles. The molecule has 0 spiro atoms. The van der Waals surface area contributed by atoms with Crippen LogP contribution in [0.4, 0.5) is 5.69 Å². The lowest BCUT2D eigenvalue weighted by atomic mass is 9.92. The maximum atomic E-state index is 13.7. The van der Waals surface area contributed by atoms with Gasteiger partial charge >= 0.3 is 0 Å². The first-order valence-electron chi connectivity index (χ1n) is 12.1. The fraction of sp³-hybridized carbons (Fsp3) is 0.276. The van der Waals surface area contributed by atoms with Crippen LogP contribution in [0.15, 0.2) is 79.0 Å². The lowest BCUT2D eigenvalue weighted by molar-refractivity contribution is 0.0359. The number of rotatable bonds is 8. The summed E-state index contributed by atoms with van der Waals surface area (Å²) in [7, 11) is 3.28. The second-order valence-corrected chi connectivity index (χ2v) is 8.96. The van der Waals surface area contributed by atoms with Crippen LogP contribution in [0.1, 0.15) is 22.0 Å². The van der Waals surface area contributed by atoms with Gasteiger partial charge in [0.25, 0.3) is 0 Å². The average molecular weight is 486 g/mol. The highest BCUT2D eigenvalue weighted by molar-refractivity contribution is 6.10. The van der Waals surface area contributed by atoms with Gasteiger partial charge in [0.15, 0.2) is 5.78 Å². The number of H-pyrrole nitrogens is 1. The number of piperazine rings is 1. The summed E-state index contributed by atoms with van der Waals surface area (Å²) >= 11 is 0. The summed E-state index contributed by atoms with van der Waals surface area (Å²) in [6.45, 7) is 2.91. The van der Waals surface area contributed by atoms with Gasteiger partial charge in [0.2, 0.25) is 0 Å². The number of aromatic nitrogens is 1. The Bertz CT molecular complexity index is 1330. The second-order valence-electron chi connectivity index (χ2n) is 8.96. The smallest absolute Gasteiger partial charge is 0.195 e. The Morgan fingerprint density at radius 2 is 1.58 bits per heavy atom. The highest BCUT2D eigenvalue weighted by Gasteiger charge is 2.37. The molecule has 1 aliphatic heterocycles. The Kier molecular flexibility index (Phi) is 6.93. The number of hydrogen-bond acceptors (Lipinski definition) is 6. The van der Waals surface area contributed by atoms with Crippen LogP contribution < -0.4 is 14.4 Å². The summed E-state index contributed by atoms with van der Waals surface area (Å²) in [6.07, 6.45) is 0.435. The van der Waals surface area contributed by atoms with Crippen molar-refractivity contribution in [2.24, 2.45) is 0 Å². The molecule has 0 saturated carbocycles. The van der Waals surface area contributed by atoms with E-state index in [1.165, 1.54) is 0 Å². The molecule has 4 aromatic rings. The maximum absolute atomic E-state index is 13.7. The van der Waals surface area contributed by atoms with Crippen molar-refractivity contribution in [1.82, 2.24) is 9.88 Å². The summed E-state index contributed by atoms with van der Waals surface area (Å²) in [5, 5.41) is 12.4. The zero-order valence-corrected chi connectivity index (χ0v) is 20.6. The second kappa shape index (κ2) is 10.4. The van der Waals surface area contributed by atoms with E-state index in [0.29, 0.717) is 24.4 Å². The predicted octanol–water partition coefficient (Wildman–Crippen LogP) is 4.29. The number of aromatic amines is 1. The number of para-hydroxylation sites is 2. The molecule has 2 heterocycles. The fourth-order valence-corrected chi connectivity index (χ4v) is 5.11. The van der Waals surface area contributed by atoms with Crippen molar-refractivity contribution in [3.8, 4) is 11.5 Å². The van der Waals surface area contributed by atoms with Gasteiger partial charge in [-0.3, -0.25) is 9.69 Å². The lowest BCUT2D eigenvalue weighted by Crippen LogP contribution is -2.51. The van der Waals surface area contributed by atoms with E-state index in [4.69, 9.17) is 9.47 Å². The van der Waals surface area contributed by atoms with Gasteiger partial charge in [0.1, 0.15) is 17.6 Å². The molecule has 1 fully saturated rings. The van der Waals surface area contributed by atoms with E-state index in [0.717, 1.165) is 41.0 Å². The van der Waals surface area contributed by atoms with Crippen molar-refractivity contribution >= 4 is 22.4 Å². The van der Waals surface area contributed by atoms with Crippen LogP contribution in [0.2, 0.25) is 0 Å². The van der Waals surface area contributed by atoms with Gasteiger partial charge in [-0.25, -0.2) is 0 Å². The monoisotopic (exact) mass is 485 g/mol. The van der Waals surface area contributed by atoms with E-state index in [1.807, 2.05) is 60.7 Å². The topological polar surface area (TPSA) is 78.0 Å². The van der Waals surface area contributed by atoms with Crippen molar-refractivity contribution in [2.75, 3.05) is 45.3 Å². The van der Waals surface area contributed by atoms with Crippen LogP contribution >= 0.6 is 0 Å². The molecule has 1 aromatic heterocycles. The molecule has 7 heteroatoms. The number of nitrogens with zero attached hydrogens (tertiary/aromatic N) is 2. The van der Waals surface area contributed by atoms with Crippen molar-refractivity contribution in [3.63, 3.8) is 0 Å². The van der Waals surface area contributed by atoms with Gasteiger partial charge in [-0.1, -0.05) is 36.4 Å². The molecule has 7 nitrogen and oxygen atoms in total. The summed E-state index contributed by atoms with van der Waals surface area (Å²) in [4.78, 5) is 21.3. The number of nitrogens with one attached hydrogen (secondary N) is 1. The van der Waals surface area contributed by atoms with Crippen LogP contribution in [-0.2, 0) is 0 Å². The Morgan fingerprint density at radius 1 is 0.889 bits per heavy atom. The number of aliphatic hydroxyl groups is 1. The summed E-state index contributed by atoms with van der Waals surface area (Å²) in [6, 6.07) is 22.8. The largest absolute Gasteiger partial charge is 0.497 e. The molecule has 186 valence electrons. The van der Waals surface area contributed by atoms with Crippen molar-refractivity contribution in [3.05, 3.63) is 90.1 Å². The first kappa shape index (κ1) is 23.9. The van der Waals surface area contributed by atoms with E-state index in [1.54, 1.807) is 20.4 Å². The van der Waals surface area contributed by atoms with Crippen LogP contribution in [0.5, 0.6) is 11.5 Å². The van der Waals surface area contributed by atoms with E-state index >= 15 is 0 Å². The number of fused-ring (bicyclic) bond motifs is 1. The molecule has 1 saturated heterocycles. The number of carbonyl (C=O) groups excluding carboxylic acids is 1. The number of ether oxygens (including phenoxy) is 2. The molecular formula is C29H31N3O4. The standard InChI is InChI=1S/C29H31N3O4/c1-35-21-13-11-20(12-14-21)31-15-17-32(18-16-31)27(23-8-4-6-10-26(23)36-2)29(34)28(33)24-19-30-25-9-5-3-7-22(24)25/h3-14,19,27,29-30,34H,15-18H2,1-2H3/t27-,29+/m1/s1. The first-order chi connectivity index (χ1) is 17.6. The normalized spacial score (nSPS) is 16.0. The third kappa shape index (κ3) is 4.55. The van der Waals surface area contributed by atoms with Gasteiger partial charge in [0, 0.05) is 60.1 Å². The minimum absolute atomic E-state index is 0.305.